The predicted octanol–water partition coefficient (Wildman–Crippen LogP) is 3.45. The molecule has 4 aliphatic carbocycles. The largest absolute Gasteiger partial charge is 0.398 e. The number of carbonyl (C=O) groups is 1. The zero-order chi connectivity index (χ0) is 15.2. The van der Waals surface area contributed by atoms with Crippen molar-refractivity contribution in [1.29, 1.82) is 0 Å². The van der Waals surface area contributed by atoms with Crippen LogP contribution in [0.4, 0.5) is 5.69 Å². The molecule has 4 fully saturated rings. The second-order valence-electron chi connectivity index (χ2n) is 7.57. The summed E-state index contributed by atoms with van der Waals surface area (Å²) in [4.78, 5) is 13.4. The molecule has 4 aliphatic rings. The van der Waals surface area contributed by atoms with Gasteiger partial charge in [0.1, 0.15) is 0 Å². The van der Waals surface area contributed by atoms with Crippen molar-refractivity contribution in [3.05, 3.63) is 24.3 Å². The van der Waals surface area contributed by atoms with E-state index in [0.29, 0.717) is 5.75 Å². The average Bonchev–Trinajstić information content (AvgIpc) is 2.44. The van der Waals surface area contributed by atoms with Crippen LogP contribution >= 0.6 is 11.8 Å². The third kappa shape index (κ3) is 2.73. The summed E-state index contributed by atoms with van der Waals surface area (Å²) in [6.45, 7) is 0. The normalized spacial score (nSPS) is 35.5. The molecule has 4 bridgehead atoms. The van der Waals surface area contributed by atoms with Crippen LogP contribution in [0.2, 0.25) is 0 Å². The first-order valence-corrected chi connectivity index (χ1v) is 9.39. The topological polar surface area (TPSA) is 55.1 Å². The van der Waals surface area contributed by atoms with Gasteiger partial charge in [-0.1, -0.05) is 12.1 Å². The van der Waals surface area contributed by atoms with Gasteiger partial charge in [0, 0.05) is 16.1 Å². The highest BCUT2D eigenvalue weighted by Crippen LogP contribution is 2.55. The highest BCUT2D eigenvalue weighted by atomic mass is 32.2. The molecule has 1 aromatic carbocycles. The fourth-order valence-corrected chi connectivity index (χ4v) is 6.12. The number of nitrogens with two attached hydrogens (primary N) is 1. The molecule has 0 unspecified atom stereocenters. The van der Waals surface area contributed by atoms with E-state index in [9.17, 15) is 4.79 Å². The Balaban J connectivity index is 1.37. The summed E-state index contributed by atoms with van der Waals surface area (Å²) in [6, 6.07) is 7.77. The molecule has 3 nitrogen and oxygen atoms in total. The lowest BCUT2D eigenvalue weighted by Gasteiger charge is -2.56. The molecule has 0 atom stereocenters. The van der Waals surface area contributed by atoms with Gasteiger partial charge in [0.15, 0.2) is 0 Å². The molecule has 0 spiro atoms. The first kappa shape index (κ1) is 14.4. The minimum atomic E-state index is 0.120. The zero-order valence-corrected chi connectivity index (χ0v) is 13.7. The van der Waals surface area contributed by atoms with Crippen molar-refractivity contribution in [3.63, 3.8) is 0 Å². The maximum Gasteiger partial charge on any atom is 0.230 e. The lowest BCUT2D eigenvalue weighted by atomic mass is 9.53. The second-order valence-corrected chi connectivity index (χ2v) is 8.59. The molecule has 0 heterocycles. The Bertz CT molecular complexity index is 551. The van der Waals surface area contributed by atoms with Crippen LogP contribution in [0, 0.1) is 17.8 Å². The van der Waals surface area contributed by atoms with Crippen molar-refractivity contribution in [2.24, 2.45) is 17.8 Å². The molecule has 118 valence electrons. The summed E-state index contributed by atoms with van der Waals surface area (Å²) in [6.07, 6.45) is 7.86. The average molecular weight is 316 g/mol. The number of benzene rings is 1. The Morgan fingerprint density at radius 2 is 1.73 bits per heavy atom. The minimum absolute atomic E-state index is 0.120. The van der Waals surface area contributed by atoms with Crippen molar-refractivity contribution >= 4 is 23.4 Å². The zero-order valence-electron chi connectivity index (χ0n) is 12.9. The van der Waals surface area contributed by atoms with Crippen LogP contribution < -0.4 is 11.1 Å². The van der Waals surface area contributed by atoms with Gasteiger partial charge in [0.05, 0.1) is 5.75 Å². The van der Waals surface area contributed by atoms with Crippen molar-refractivity contribution in [2.75, 3.05) is 11.5 Å². The van der Waals surface area contributed by atoms with Gasteiger partial charge in [-0.05, 0) is 68.4 Å². The van der Waals surface area contributed by atoms with Crippen LogP contribution in [0.15, 0.2) is 29.2 Å². The standard InChI is InChI=1S/C18H24N2OS/c19-15-3-1-2-4-16(15)22-11-17(21)20-18-8-12-5-13(9-18)7-14(6-12)10-18/h1-4,12-14H,5-11,19H2,(H,20,21). The van der Waals surface area contributed by atoms with Crippen molar-refractivity contribution in [3.8, 4) is 0 Å². The second kappa shape index (κ2) is 5.48. The molecule has 1 aromatic rings. The predicted molar refractivity (Wildman–Crippen MR) is 90.6 cm³/mol. The molecule has 0 saturated heterocycles. The number of anilines is 1. The van der Waals surface area contributed by atoms with E-state index in [2.05, 4.69) is 5.32 Å². The summed E-state index contributed by atoms with van der Waals surface area (Å²) < 4.78 is 0. The van der Waals surface area contributed by atoms with Crippen LogP contribution in [0.25, 0.3) is 0 Å². The lowest BCUT2D eigenvalue weighted by molar-refractivity contribution is -0.124. The van der Waals surface area contributed by atoms with Gasteiger partial charge in [0.2, 0.25) is 5.91 Å². The number of thioether (sulfide) groups is 1. The highest BCUT2D eigenvalue weighted by molar-refractivity contribution is 8.00. The SMILES string of the molecule is Nc1ccccc1SCC(=O)NC12CC3CC(CC(C3)C1)C2. The summed E-state index contributed by atoms with van der Waals surface area (Å²) in [5, 5.41) is 3.41. The highest BCUT2D eigenvalue weighted by Gasteiger charge is 2.51. The van der Waals surface area contributed by atoms with E-state index >= 15 is 0 Å². The molecule has 0 aliphatic heterocycles. The summed E-state index contributed by atoms with van der Waals surface area (Å²) >= 11 is 1.55. The van der Waals surface area contributed by atoms with E-state index in [1.54, 1.807) is 11.8 Å². The molecule has 4 heteroatoms. The monoisotopic (exact) mass is 316 g/mol. The van der Waals surface area contributed by atoms with E-state index < -0.39 is 0 Å². The first-order valence-electron chi connectivity index (χ1n) is 8.40. The van der Waals surface area contributed by atoms with Gasteiger partial charge in [-0.25, -0.2) is 0 Å². The number of carbonyl (C=O) groups excluding carboxylic acids is 1. The van der Waals surface area contributed by atoms with E-state index in [0.717, 1.165) is 28.3 Å². The van der Waals surface area contributed by atoms with Gasteiger partial charge >= 0.3 is 0 Å². The number of nitrogens with one attached hydrogen (secondary N) is 1. The number of nitrogen functional groups attached to an aromatic ring is 1. The summed E-state index contributed by atoms with van der Waals surface area (Å²) in [5.41, 5.74) is 6.82. The Hall–Kier alpha value is -1.16. The van der Waals surface area contributed by atoms with Crippen LogP contribution in [0.3, 0.4) is 0 Å². The van der Waals surface area contributed by atoms with E-state index in [1.807, 2.05) is 24.3 Å². The number of para-hydroxylation sites is 1. The minimum Gasteiger partial charge on any atom is -0.398 e. The Kier molecular flexibility index (Phi) is 3.60. The first-order chi connectivity index (χ1) is 10.6. The molecule has 0 aromatic heterocycles. The van der Waals surface area contributed by atoms with Gasteiger partial charge in [0.25, 0.3) is 0 Å². The molecule has 4 saturated carbocycles. The molecule has 22 heavy (non-hydrogen) atoms. The van der Waals surface area contributed by atoms with Gasteiger partial charge in [-0.15, -0.1) is 11.8 Å². The Morgan fingerprint density at radius 3 is 2.32 bits per heavy atom. The molecule has 3 N–H and O–H groups in total. The number of amides is 1. The maximum atomic E-state index is 12.4. The van der Waals surface area contributed by atoms with Crippen LogP contribution in [0.5, 0.6) is 0 Å². The van der Waals surface area contributed by atoms with Gasteiger partial charge in [-0.3, -0.25) is 4.79 Å². The third-order valence-electron chi connectivity index (χ3n) is 5.72. The maximum absolute atomic E-state index is 12.4. The number of rotatable bonds is 4. The Labute approximate surface area is 136 Å². The molecule has 0 radical (unpaired) electrons. The fourth-order valence-electron chi connectivity index (χ4n) is 5.35. The fraction of sp³-hybridized carbons (Fsp3) is 0.611. The van der Waals surface area contributed by atoms with Gasteiger partial charge in [-0.2, -0.15) is 0 Å². The summed E-state index contributed by atoms with van der Waals surface area (Å²) in [7, 11) is 0. The van der Waals surface area contributed by atoms with Crippen LogP contribution in [-0.2, 0) is 4.79 Å². The Morgan fingerprint density at radius 1 is 1.14 bits per heavy atom. The van der Waals surface area contributed by atoms with Gasteiger partial charge < -0.3 is 11.1 Å². The molecular weight excluding hydrogens is 292 g/mol. The molecule has 5 rings (SSSR count). The van der Waals surface area contributed by atoms with Crippen molar-refractivity contribution in [1.82, 2.24) is 5.32 Å². The van der Waals surface area contributed by atoms with Crippen LogP contribution in [-0.4, -0.2) is 17.2 Å². The lowest BCUT2D eigenvalue weighted by Crippen LogP contribution is -2.60. The third-order valence-corrected chi connectivity index (χ3v) is 6.81. The summed E-state index contributed by atoms with van der Waals surface area (Å²) in [5.74, 6) is 3.24. The van der Waals surface area contributed by atoms with Crippen molar-refractivity contribution in [2.45, 2.75) is 49.0 Å². The quantitative estimate of drug-likeness (QED) is 0.661. The number of hydrogen-bond acceptors (Lipinski definition) is 3. The molecular formula is C18H24N2OS. The van der Waals surface area contributed by atoms with E-state index in [1.165, 1.54) is 38.5 Å². The van der Waals surface area contributed by atoms with E-state index in [-0.39, 0.29) is 11.4 Å². The van der Waals surface area contributed by atoms with E-state index in [4.69, 9.17) is 5.73 Å². The van der Waals surface area contributed by atoms with Crippen molar-refractivity contribution < 1.29 is 4.79 Å². The number of hydrogen-bond donors (Lipinski definition) is 2. The smallest absolute Gasteiger partial charge is 0.230 e. The van der Waals surface area contributed by atoms with Crippen LogP contribution in [0.1, 0.15) is 38.5 Å². The molecule has 1 amide bonds.